The number of ketones is 1. The summed E-state index contributed by atoms with van der Waals surface area (Å²) in [5.74, 6) is -0.734. The number of esters is 1. The molecule has 2 atom stereocenters. The van der Waals surface area contributed by atoms with E-state index in [0.29, 0.717) is 23.2 Å². The van der Waals surface area contributed by atoms with E-state index in [2.05, 4.69) is 7.05 Å². The van der Waals surface area contributed by atoms with Gasteiger partial charge in [-0.05, 0) is 6.07 Å². The standard InChI is InChI=1S/C28H24N2O3/c1-30-17-16-24-22(18-30)25(21-14-8-9-15-23(21)29-24)28(32)33-27(20-12-6-3-7-13-20)26(31)19-10-4-2-5-11-19/h2-15,27H,16-18H2,1H3/p+1/t27-/m0/s1. The highest BCUT2D eigenvalue weighted by molar-refractivity contribution is 6.07. The molecule has 33 heavy (non-hydrogen) atoms. The van der Waals surface area contributed by atoms with Gasteiger partial charge in [0.1, 0.15) is 6.54 Å². The number of pyridine rings is 1. The molecular formula is C28H25N2O3+. The van der Waals surface area contributed by atoms with Crippen LogP contribution in [0.2, 0.25) is 0 Å². The summed E-state index contributed by atoms with van der Waals surface area (Å²) in [7, 11) is 2.11. The first-order chi connectivity index (χ1) is 16.1. The van der Waals surface area contributed by atoms with Gasteiger partial charge in [-0.3, -0.25) is 9.78 Å². The number of likely N-dealkylation sites (N-methyl/N-ethyl adjacent to an activating group) is 1. The second-order valence-electron chi connectivity index (χ2n) is 8.49. The van der Waals surface area contributed by atoms with Crippen LogP contribution in [0, 0.1) is 0 Å². The number of Topliss-reactive ketones (excluding diaryl/α,β-unsaturated/α-hetero) is 1. The van der Waals surface area contributed by atoms with Crippen LogP contribution in [0.1, 0.15) is 43.6 Å². The fourth-order valence-electron chi connectivity index (χ4n) is 4.48. The fraction of sp³-hybridized carbons (Fsp3) is 0.179. The summed E-state index contributed by atoms with van der Waals surface area (Å²) in [6, 6.07) is 25.8. The Hall–Kier alpha value is -3.83. The number of carbonyl (C=O) groups is 2. The number of rotatable bonds is 5. The molecule has 0 spiro atoms. The Kier molecular flexibility index (Phi) is 5.71. The number of fused-ring (bicyclic) bond motifs is 2. The maximum absolute atomic E-state index is 13.7. The van der Waals surface area contributed by atoms with Gasteiger partial charge in [-0.15, -0.1) is 0 Å². The molecule has 3 aromatic carbocycles. The number of para-hydroxylation sites is 1. The monoisotopic (exact) mass is 437 g/mol. The Bertz CT molecular complexity index is 1320. The second kappa shape index (κ2) is 8.96. The quantitative estimate of drug-likeness (QED) is 0.383. The number of hydrogen-bond acceptors (Lipinski definition) is 4. The van der Waals surface area contributed by atoms with Gasteiger partial charge in [0.15, 0.2) is 6.10 Å². The highest BCUT2D eigenvalue weighted by Crippen LogP contribution is 2.29. The van der Waals surface area contributed by atoms with Crippen molar-refractivity contribution in [3.05, 3.63) is 113 Å². The lowest BCUT2D eigenvalue weighted by Gasteiger charge is -2.25. The number of aromatic nitrogens is 1. The van der Waals surface area contributed by atoms with Crippen LogP contribution in [-0.2, 0) is 17.7 Å². The van der Waals surface area contributed by atoms with Crippen molar-refractivity contribution in [3.63, 3.8) is 0 Å². The van der Waals surface area contributed by atoms with Gasteiger partial charge in [-0.25, -0.2) is 4.79 Å². The van der Waals surface area contributed by atoms with E-state index in [1.54, 1.807) is 12.1 Å². The molecule has 4 aromatic rings. The van der Waals surface area contributed by atoms with E-state index in [0.717, 1.165) is 35.1 Å². The van der Waals surface area contributed by atoms with Gasteiger partial charge in [0.25, 0.3) is 0 Å². The highest BCUT2D eigenvalue weighted by Gasteiger charge is 2.31. The lowest BCUT2D eigenvalue weighted by atomic mass is 9.95. The lowest BCUT2D eigenvalue weighted by molar-refractivity contribution is -0.895. The van der Waals surface area contributed by atoms with Crippen LogP contribution < -0.4 is 4.90 Å². The normalized spacial score (nSPS) is 16.1. The van der Waals surface area contributed by atoms with Gasteiger partial charge >= 0.3 is 5.97 Å². The van der Waals surface area contributed by atoms with Gasteiger partial charge in [0.2, 0.25) is 5.78 Å². The van der Waals surface area contributed by atoms with Gasteiger partial charge in [-0.2, -0.15) is 0 Å². The minimum absolute atomic E-state index is 0.245. The van der Waals surface area contributed by atoms with Gasteiger partial charge < -0.3 is 9.64 Å². The van der Waals surface area contributed by atoms with Crippen LogP contribution in [0.4, 0.5) is 0 Å². The zero-order chi connectivity index (χ0) is 22.8. The predicted molar refractivity (Wildman–Crippen MR) is 126 cm³/mol. The van der Waals surface area contributed by atoms with Crippen LogP contribution in [0.3, 0.4) is 0 Å². The largest absolute Gasteiger partial charge is 0.445 e. The van der Waals surface area contributed by atoms with E-state index < -0.39 is 12.1 Å². The summed E-state index contributed by atoms with van der Waals surface area (Å²) in [6.07, 6.45) is -0.227. The molecule has 1 aliphatic rings. The van der Waals surface area contributed by atoms with E-state index in [1.165, 1.54) is 4.90 Å². The van der Waals surface area contributed by atoms with Gasteiger partial charge in [0, 0.05) is 28.5 Å². The Labute approximate surface area is 192 Å². The lowest BCUT2D eigenvalue weighted by Crippen LogP contribution is -3.08. The Morgan fingerprint density at radius 3 is 2.33 bits per heavy atom. The van der Waals surface area contributed by atoms with Gasteiger partial charge in [-0.1, -0.05) is 78.9 Å². The van der Waals surface area contributed by atoms with Crippen LogP contribution >= 0.6 is 0 Å². The summed E-state index contributed by atoms with van der Waals surface area (Å²) in [4.78, 5) is 33.3. The van der Waals surface area contributed by atoms with E-state index in [-0.39, 0.29) is 5.78 Å². The van der Waals surface area contributed by atoms with Crippen molar-refractivity contribution in [1.82, 2.24) is 4.98 Å². The SMILES string of the molecule is C[NH+]1CCc2nc3ccccc3c(C(=O)O[C@H](C(=O)c3ccccc3)c3ccccc3)c2C1. The first-order valence-electron chi connectivity index (χ1n) is 11.2. The molecule has 0 saturated carbocycles. The number of benzene rings is 3. The zero-order valence-corrected chi connectivity index (χ0v) is 18.5. The molecule has 0 saturated heterocycles. The number of quaternary nitrogens is 1. The smallest absolute Gasteiger partial charge is 0.340 e. The fourth-order valence-corrected chi connectivity index (χ4v) is 4.48. The van der Waals surface area contributed by atoms with E-state index in [9.17, 15) is 9.59 Å². The van der Waals surface area contributed by atoms with Crippen molar-refractivity contribution in [3.8, 4) is 0 Å². The van der Waals surface area contributed by atoms with Crippen molar-refractivity contribution in [2.24, 2.45) is 0 Å². The molecule has 0 aliphatic carbocycles. The molecule has 5 rings (SSSR count). The minimum atomic E-state index is -1.03. The molecule has 0 fully saturated rings. The van der Waals surface area contributed by atoms with Crippen molar-refractivity contribution in [2.75, 3.05) is 13.6 Å². The summed E-state index contributed by atoms with van der Waals surface area (Å²) in [5.41, 5.74) is 4.31. The highest BCUT2D eigenvalue weighted by atomic mass is 16.5. The number of hydrogen-bond donors (Lipinski definition) is 1. The van der Waals surface area contributed by atoms with Crippen LogP contribution in [0.5, 0.6) is 0 Å². The molecule has 1 N–H and O–H groups in total. The average molecular weight is 438 g/mol. The maximum atomic E-state index is 13.7. The van der Waals surface area contributed by atoms with Crippen LogP contribution in [-0.4, -0.2) is 30.3 Å². The molecule has 0 amide bonds. The first-order valence-corrected chi connectivity index (χ1v) is 11.2. The van der Waals surface area contributed by atoms with E-state index in [4.69, 9.17) is 9.72 Å². The molecular weight excluding hydrogens is 412 g/mol. The van der Waals surface area contributed by atoms with Crippen molar-refractivity contribution >= 4 is 22.7 Å². The second-order valence-corrected chi connectivity index (χ2v) is 8.49. The van der Waals surface area contributed by atoms with Crippen LogP contribution in [0.25, 0.3) is 10.9 Å². The third kappa shape index (κ3) is 4.15. The predicted octanol–water partition coefficient (Wildman–Crippen LogP) is 3.59. The Morgan fingerprint density at radius 1 is 0.909 bits per heavy atom. The average Bonchev–Trinajstić information content (AvgIpc) is 2.86. The van der Waals surface area contributed by atoms with Gasteiger partial charge in [0.05, 0.1) is 30.4 Å². The topological polar surface area (TPSA) is 60.7 Å². The van der Waals surface area contributed by atoms with E-state index >= 15 is 0 Å². The maximum Gasteiger partial charge on any atom is 0.340 e. The molecule has 5 nitrogen and oxygen atoms in total. The summed E-state index contributed by atoms with van der Waals surface area (Å²) in [5, 5.41) is 0.759. The molecule has 0 radical (unpaired) electrons. The zero-order valence-electron chi connectivity index (χ0n) is 18.5. The minimum Gasteiger partial charge on any atom is -0.445 e. The molecule has 1 aromatic heterocycles. The third-order valence-electron chi connectivity index (χ3n) is 6.17. The number of nitrogens with zero attached hydrogens (tertiary/aromatic N) is 1. The Balaban J connectivity index is 1.60. The molecule has 1 aliphatic heterocycles. The molecule has 164 valence electrons. The number of carbonyl (C=O) groups excluding carboxylic acids is 2. The van der Waals surface area contributed by atoms with Crippen molar-refractivity contribution in [1.29, 1.82) is 0 Å². The molecule has 2 heterocycles. The van der Waals surface area contributed by atoms with Crippen molar-refractivity contribution < 1.29 is 19.2 Å². The summed E-state index contributed by atoms with van der Waals surface area (Å²) >= 11 is 0. The molecule has 0 bridgehead atoms. The Morgan fingerprint density at radius 2 is 1.58 bits per heavy atom. The summed E-state index contributed by atoms with van der Waals surface area (Å²) in [6.45, 7) is 1.66. The molecule has 5 heteroatoms. The van der Waals surface area contributed by atoms with Crippen molar-refractivity contribution in [2.45, 2.75) is 19.1 Å². The summed E-state index contributed by atoms with van der Waals surface area (Å²) < 4.78 is 6.02. The first kappa shape index (κ1) is 21.0. The number of ether oxygens (including phenoxy) is 1. The number of nitrogens with one attached hydrogen (secondary N) is 1. The molecule has 1 unspecified atom stereocenters. The van der Waals surface area contributed by atoms with Crippen LogP contribution in [0.15, 0.2) is 84.9 Å². The third-order valence-corrected chi connectivity index (χ3v) is 6.17. The van der Waals surface area contributed by atoms with E-state index in [1.807, 2.05) is 72.8 Å².